The lowest BCUT2D eigenvalue weighted by Gasteiger charge is -2.02. The van der Waals surface area contributed by atoms with E-state index in [-0.39, 0.29) is 16.9 Å². The second kappa shape index (κ2) is 2.96. The molecule has 0 saturated carbocycles. The van der Waals surface area contributed by atoms with Crippen molar-refractivity contribution >= 4 is 11.8 Å². The van der Waals surface area contributed by atoms with Crippen LogP contribution in [0.5, 0.6) is 0 Å². The monoisotopic (exact) mass is 197 g/mol. The molecule has 0 saturated heterocycles. The normalized spacial score (nSPS) is 12.1. The Balaban J connectivity index is 2.82. The third-order valence-electron chi connectivity index (χ3n) is 1.04. The number of halogens is 3. The van der Waals surface area contributed by atoms with Crippen molar-refractivity contribution in [2.45, 2.75) is 17.6 Å². The molecular formula is C5H6F3N3S. The Bertz CT molecular complexity index is 280. The maximum atomic E-state index is 11.8. The highest BCUT2D eigenvalue weighted by Crippen LogP contribution is 2.35. The lowest BCUT2D eigenvalue weighted by molar-refractivity contribution is -0.0332. The zero-order valence-corrected chi connectivity index (χ0v) is 7.20. The van der Waals surface area contributed by atoms with Crippen LogP contribution < -0.4 is 0 Å². The summed E-state index contributed by atoms with van der Waals surface area (Å²) in [5.41, 5.74) is -4.30. The van der Waals surface area contributed by atoms with Crippen LogP contribution in [0.25, 0.3) is 0 Å². The molecule has 68 valence electrons. The van der Waals surface area contributed by atoms with Crippen molar-refractivity contribution in [3.05, 3.63) is 5.82 Å². The zero-order valence-electron chi connectivity index (χ0n) is 6.38. The molecule has 1 aromatic heterocycles. The Hall–Kier alpha value is -0.720. The van der Waals surface area contributed by atoms with E-state index in [0.29, 0.717) is 5.82 Å². The van der Waals surface area contributed by atoms with E-state index in [0.717, 1.165) is 4.68 Å². The van der Waals surface area contributed by atoms with E-state index in [1.54, 1.807) is 6.92 Å². The number of nitrogens with zero attached hydrogens (tertiary/aromatic N) is 3. The first-order valence-electron chi connectivity index (χ1n) is 3.02. The predicted molar refractivity (Wildman–Crippen MR) is 37.7 cm³/mol. The second-order valence-corrected chi connectivity index (χ2v) is 3.15. The topological polar surface area (TPSA) is 30.7 Å². The maximum Gasteiger partial charge on any atom is 0.449 e. The van der Waals surface area contributed by atoms with Crippen LogP contribution in [0.1, 0.15) is 5.82 Å². The molecule has 0 aromatic carbocycles. The van der Waals surface area contributed by atoms with Crippen molar-refractivity contribution in [1.82, 2.24) is 14.8 Å². The van der Waals surface area contributed by atoms with Gasteiger partial charge in [0.25, 0.3) is 0 Å². The fraction of sp³-hybridized carbons (Fsp3) is 0.600. The van der Waals surface area contributed by atoms with E-state index in [1.807, 2.05) is 0 Å². The first-order valence-corrected chi connectivity index (χ1v) is 3.83. The zero-order chi connectivity index (χ0) is 9.35. The number of hydrogen-bond donors (Lipinski definition) is 0. The number of alkyl halides is 3. The highest BCUT2D eigenvalue weighted by Gasteiger charge is 2.31. The van der Waals surface area contributed by atoms with Gasteiger partial charge in [0.2, 0.25) is 0 Å². The van der Waals surface area contributed by atoms with Gasteiger partial charge in [0, 0.05) is 18.8 Å². The molecule has 1 aromatic rings. The van der Waals surface area contributed by atoms with Crippen LogP contribution in [0.15, 0.2) is 5.16 Å². The Kier molecular flexibility index (Phi) is 2.31. The molecule has 0 bridgehead atoms. The van der Waals surface area contributed by atoms with Gasteiger partial charge in [-0.1, -0.05) is 0 Å². The highest BCUT2D eigenvalue weighted by atomic mass is 32.2. The molecular weight excluding hydrogens is 191 g/mol. The van der Waals surface area contributed by atoms with Crippen LogP contribution in [0.4, 0.5) is 13.2 Å². The van der Waals surface area contributed by atoms with Gasteiger partial charge < -0.3 is 0 Å². The van der Waals surface area contributed by atoms with Crippen LogP contribution in [-0.2, 0) is 7.05 Å². The predicted octanol–water partition coefficient (Wildman–Crippen LogP) is 1.74. The van der Waals surface area contributed by atoms with Crippen LogP contribution in [0, 0.1) is 6.92 Å². The van der Waals surface area contributed by atoms with E-state index in [9.17, 15) is 13.2 Å². The molecule has 0 aliphatic carbocycles. The van der Waals surface area contributed by atoms with Crippen molar-refractivity contribution in [1.29, 1.82) is 0 Å². The average Bonchev–Trinajstić information content (AvgIpc) is 2.06. The molecule has 0 aliphatic heterocycles. The molecule has 0 radical (unpaired) electrons. The molecule has 12 heavy (non-hydrogen) atoms. The molecule has 0 amide bonds. The summed E-state index contributed by atoms with van der Waals surface area (Å²) in [6.45, 7) is 1.54. The third-order valence-corrected chi connectivity index (χ3v) is 1.81. The smallest absolute Gasteiger partial charge is 0.243 e. The first kappa shape index (κ1) is 9.37. The van der Waals surface area contributed by atoms with E-state index in [2.05, 4.69) is 10.1 Å². The van der Waals surface area contributed by atoms with Crippen molar-refractivity contribution in [3.63, 3.8) is 0 Å². The molecule has 1 heterocycles. The largest absolute Gasteiger partial charge is 0.449 e. The molecule has 3 nitrogen and oxygen atoms in total. The number of aryl methyl sites for hydroxylation is 2. The van der Waals surface area contributed by atoms with Gasteiger partial charge in [0.1, 0.15) is 5.82 Å². The highest BCUT2D eigenvalue weighted by molar-refractivity contribution is 8.00. The lowest BCUT2D eigenvalue weighted by Crippen LogP contribution is -2.03. The molecule has 7 heteroatoms. The second-order valence-electron chi connectivity index (χ2n) is 2.11. The molecule has 0 N–H and O–H groups in total. The van der Waals surface area contributed by atoms with Crippen LogP contribution >= 0.6 is 11.8 Å². The van der Waals surface area contributed by atoms with Gasteiger partial charge >= 0.3 is 5.51 Å². The molecule has 0 atom stereocenters. The van der Waals surface area contributed by atoms with Crippen LogP contribution in [-0.4, -0.2) is 20.3 Å². The van der Waals surface area contributed by atoms with E-state index in [4.69, 9.17) is 0 Å². The van der Waals surface area contributed by atoms with Crippen LogP contribution in [0.2, 0.25) is 0 Å². The number of rotatable bonds is 1. The molecule has 0 unspecified atom stereocenters. The fourth-order valence-electron chi connectivity index (χ4n) is 0.685. The molecule has 0 fully saturated rings. The summed E-state index contributed by atoms with van der Waals surface area (Å²) in [6.07, 6.45) is 0. The van der Waals surface area contributed by atoms with Gasteiger partial charge in [0.15, 0.2) is 5.16 Å². The minimum absolute atomic E-state index is 0.139. The Morgan fingerprint density at radius 2 is 2.00 bits per heavy atom. The number of aromatic nitrogens is 3. The minimum Gasteiger partial charge on any atom is -0.243 e. The summed E-state index contributed by atoms with van der Waals surface area (Å²) in [4.78, 5) is 3.59. The number of hydrogen-bond acceptors (Lipinski definition) is 3. The standard InChI is InChI=1S/C5H6F3N3S/c1-3-9-4(11(2)10-3)12-5(6,7)8/h1-2H3. The van der Waals surface area contributed by atoms with Gasteiger partial charge in [-0.25, -0.2) is 9.67 Å². The quantitative estimate of drug-likeness (QED) is 0.642. The van der Waals surface area contributed by atoms with Crippen molar-refractivity contribution < 1.29 is 13.2 Å². The van der Waals surface area contributed by atoms with Gasteiger partial charge in [-0.05, 0) is 6.92 Å². The van der Waals surface area contributed by atoms with E-state index >= 15 is 0 Å². The van der Waals surface area contributed by atoms with Crippen molar-refractivity contribution in [2.75, 3.05) is 0 Å². The van der Waals surface area contributed by atoms with Gasteiger partial charge in [-0.2, -0.15) is 18.3 Å². The van der Waals surface area contributed by atoms with Gasteiger partial charge in [-0.15, -0.1) is 0 Å². The van der Waals surface area contributed by atoms with Gasteiger partial charge in [-0.3, -0.25) is 0 Å². The van der Waals surface area contributed by atoms with Gasteiger partial charge in [0.05, 0.1) is 0 Å². The third kappa shape index (κ3) is 2.40. The Morgan fingerprint density at radius 3 is 2.33 bits per heavy atom. The molecule has 0 spiro atoms. The summed E-state index contributed by atoms with van der Waals surface area (Å²) in [7, 11) is 1.42. The summed E-state index contributed by atoms with van der Waals surface area (Å²) in [6, 6.07) is 0. The minimum atomic E-state index is -4.30. The van der Waals surface area contributed by atoms with E-state index in [1.165, 1.54) is 7.05 Å². The SMILES string of the molecule is Cc1nc(SC(F)(F)F)n(C)n1. The maximum absolute atomic E-state index is 11.8. The lowest BCUT2D eigenvalue weighted by atomic mass is 10.8. The summed E-state index contributed by atoms with van der Waals surface area (Å²) >= 11 is -0.262. The number of thioether (sulfide) groups is 1. The summed E-state index contributed by atoms with van der Waals surface area (Å²) < 4.78 is 36.5. The molecule has 1 rings (SSSR count). The van der Waals surface area contributed by atoms with E-state index < -0.39 is 5.51 Å². The summed E-state index contributed by atoms with van der Waals surface area (Å²) in [5, 5.41) is 3.54. The Labute approximate surface area is 71.0 Å². The van der Waals surface area contributed by atoms with Crippen LogP contribution in [0.3, 0.4) is 0 Å². The van der Waals surface area contributed by atoms with Crippen molar-refractivity contribution in [2.24, 2.45) is 7.05 Å². The molecule has 0 aliphatic rings. The fourth-order valence-corrected chi connectivity index (χ4v) is 1.24. The Morgan fingerprint density at radius 1 is 1.42 bits per heavy atom. The van der Waals surface area contributed by atoms with Crippen molar-refractivity contribution in [3.8, 4) is 0 Å². The first-order chi connectivity index (χ1) is 5.38. The average molecular weight is 197 g/mol. The summed E-state index contributed by atoms with van der Waals surface area (Å²) in [5.74, 6) is 0.337.